The molecular weight excluding hydrogens is 612 g/mol. The van der Waals surface area contributed by atoms with Crippen molar-refractivity contribution in [3.8, 4) is 11.5 Å². The number of ether oxygens (including phenoxy) is 1. The third kappa shape index (κ3) is 6.53. The molecule has 0 aliphatic carbocycles. The Bertz CT molecular complexity index is 1760. The van der Waals surface area contributed by atoms with E-state index in [0.717, 1.165) is 22.7 Å². The highest BCUT2D eigenvalue weighted by atomic mass is 32.2. The van der Waals surface area contributed by atoms with Crippen molar-refractivity contribution >= 4 is 56.4 Å². The number of hydrogen-bond acceptors (Lipinski definition) is 11. The van der Waals surface area contributed by atoms with Crippen molar-refractivity contribution in [2.24, 2.45) is 0 Å². The lowest BCUT2D eigenvalue weighted by Crippen LogP contribution is -2.51. The van der Waals surface area contributed by atoms with E-state index in [1.807, 2.05) is 30.3 Å². The summed E-state index contributed by atoms with van der Waals surface area (Å²) < 4.78 is 36.1. The van der Waals surface area contributed by atoms with Gasteiger partial charge in [0.1, 0.15) is 6.54 Å². The van der Waals surface area contributed by atoms with Crippen molar-refractivity contribution < 1.29 is 36.6 Å². The maximum absolute atomic E-state index is 13.1. The standard InChI is InChI=1S/C29H26N4O9S2/c1-41-24-17-20(11-12-23(24)42-44(39,40)26-10-6-5-9-22(26)33(37)38)18-25-28(35)32(29(36)43-25)19-27(34)31-15-13-30(14-16-31)21-7-3-2-4-8-21/h2-12,17-18H,13-16,19H2,1H3/b25-18-. The summed E-state index contributed by atoms with van der Waals surface area (Å²) in [5.41, 5.74) is 0.798. The highest BCUT2D eigenvalue weighted by Crippen LogP contribution is 2.36. The predicted molar refractivity (Wildman–Crippen MR) is 162 cm³/mol. The molecule has 2 heterocycles. The van der Waals surface area contributed by atoms with Crippen LogP contribution in [0.5, 0.6) is 11.5 Å². The Morgan fingerprint density at radius 2 is 1.66 bits per heavy atom. The molecule has 0 saturated carbocycles. The number of carbonyl (C=O) groups excluding carboxylic acids is 3. The number of rotatable bonds is 9. The third-order valence-corrected chi connectivity index (χ3v) is 9.13. The van der Waals surface area contributed by atoms with Crippen molar-refractivity contribution in [1.29, 1.82) is 0 Å². The van der Waals surface area contributed by atoms with Crippen LogP contribution in [-0.2, 0) is 19.7 Å². The van der Waals surface area contributed by atoms with Crippen LogP contribution in [0.25, 0.3) is 6.08 Å². The molecule has 2 saturated heterocycles. The first-order chi connectivity index (χ1) is 21.1. The van der Waals surface area contributed by atoms with Crippen molar-refractivity contribution in [3.63, 3.8) is 0 Å². The number of carbonyl (C=O) groups is 3. The molecular formula is C29H26N4O9S2. The summed E-state index contributed by atoms with van der Waals surface area (Å²) in [5.74, 6) is -1.24. The van der Waals surface area contributed by atoms with Crippen LogP contribution >= 0.6 is 11.8 Å². The predicted octanol–water partition coefficient (Wildman–Crippen LogP) is 3.76. The van der Waals surface area contributed by atoms with Crippen LogP contribution in [0.4, 0.5) is 16.2 Å². The van der Waals surface area contributed by atoms with E-state index in [4.69, 9.17) is 8.92 Å². The topological polar surface area (TPSA) is 157 Å². The molecule has 0 atom stereocenters. The van der Waals surface area contributed by atoms with Crippen molar-refractivity contribution in [3.05, 3.63) is 93.4 Å². The van der Waals surface area contributed by atoms with Crippen LogP contribution in [0, 0.1) is 10.1 Å². The molecule has 2 aliphatic rings. The zero-order valence-electron chi connectivity index (χ0n) is 23.3. The molecule has 0 spiro atoms. The SMILES string of the molecule is COc1cc(/C=C2\SC(=O)N(CC(=O)N3CCN(c4ccccc4)CC3)C2=O)ccc1OS(=O)(=O)c1ccccc1[N+](=O)[O-]. The fourth-order valence-corrected chi connectivity index (χ4v) is 6.65. The largest absolute Gasteiger partial charge is 0.493 e. The summed E-state index contributed by atoms with van der Waals surface area (Å²) in [6, 6.07) is 18.7. The molecule has 13 nitrogen and oxygen atoms in total. The third-order valence-electron chi connectivity index (χ3n) is 6.94. The maximum Gasteiger partial charge on any atom is 0.346 e. The van der Waals surface area contributed by atoms with Crippen molar-refractivity contribution in [2.75, 3.05) is 44.7 Å². The molecule has 0 unspecified atom stereocenters. The average molecular weight is 639 g/mol. The van der Waals surface area contributed by atoms with Gasteiger partial charge in [0, 0.05) is 37.9 Å². The van der Waals surface area contributed by atoms with Gasteiger partial charge in [-0.1, -0.05) is 36.4 Å². The Balaban J connectivity index is 1.25. The number of para-hydroxylation sites is 2. The van der Waals surface area contributed by atoms with E-state index in [0.29, 0.717) is 43.5 Å². The van der Waals surface area contributed by atoms with E-state index in [1.165, 1.54) is 43.5 Å². The Morgan fingerprint density at radius 3 is 2.34 bits per heavy atom. The first-order valence-electron chi connectivity index (χ1n) is 13.3. The van der Waals surface area contributed by atoms with Gasteiger partial charge in [-0.05, 0) is 53.7 Å². The number of nitrogens with zero attached hydrogens (tertiary/aromatic N) is 4. The highest BCUT2D eigenvalue weighted by Gasteiger charge is 2.37. The molecule has 2 fully saturated rings. The lowest BCUT2D eigenvalue weighted by molar-refractivity contribution is -0.387. The van der Waals surface area contributed by atoms with Gasteiger partial charge < -0.3 is 18.7 Å². The van der Waals surface area contributed by atoms with Crippen molar-refractivity contribution in [2.45, 2.75) is 4.90 Å². The Labute approximate surface area is 256 Å². The molecule has 44 heavy (non-hydrogen) atoms. The monoisotopic (exact) mass is 638 g/mol. The van der Waals surface area contributed by atoms with Gasteiger partial charge in [0.2, 0.25) is 5.91 Å². The first-order valence-corrected chi connectivity index (χ1v) is 15.5. The lowest BCUT2D eigenvalue weighted by atomic mass is 10.2. The number of piperazine rings is 1. The zero-order valence-corrected chi connectivity index (χ0v) is 25.0. The van der Waals surface area contributed by atoms with Gasteiger partial charge in [0.25, 0.3) is 16.8 Å². The molecule has 5 rings (SSSR count). The van der Waals surface area contributed by atoms with E-state index in [2.05, 4.69) is 4.90 Å². The van der Waals surface area contributed by atoms with Gasteiger partial charge >= 0.3 is 10.1 Å². The average Bonchev–Trinajstić information content (AvgIpc) is 3.29. The summed E-state index contributed by atoms with van der Waals surface area (Å²) in [5, 5.41) is 10.7. The number of anilines is 1. The second-order valence-corrected chi connectivity index (χ2v) is 12.2. The van der Waals surface area contributed by atoms with E-state index < -0.39 is 36.8 Å². The second kappa shape index (κ2) is 12.8. The summed E-state index contributed by atoms with van der Waals surface area (Å²) in [4.78, 5) is 53.3. The van der Waals surface area contributed by atoms with Crippen LogP contribution in [0.3, 0.4) is 0 Å². The minimum atomic E-state index is -4.60. The van der Waals surface area contributed by atoms with Crippen LogP contribution in [-0.4, -0.2) is 80.0 Å². The van der Waals surface area contributed by atoms with Crippen LogP contribution in [0.15, 0.2) is 82.6 Å². The van der Waals surface area contributed by atoms with Crippen molar-refractivity contribution in [1.82, 2.24) is 9.80 Å². The minimum Gasteiger partial charge on any atom is -0.493 e. The summed E-state index contributed by atoms with van der Waals surface area (Å²) in [7, 11) is -3.34. The fraction of sp³-hybridized carbons (Fsp3) is 0.207. The first kappa shape index (κ1) is 30.6. The van der Waals surface area contributed by atoms with E-state index in [9.17, 15) is 32.9 Å². The van der Waals surface area contributed by atoms with Crippen LogP contribution in [0.1, 0.15) is 5.56 Å². The highest BCUT2D eigenvalue weighted by molar-refractivity contribution is 8.18. The van der Waals surface area contributed by atoms with Gasteiger partial charge in [-0.3, -0.25) is 29.4 Å². The normalized spacial score (nSPS) is 16.4. The molecule has 0 bridgehead atoms. The quantitative estimate of drug-likeness (QED) is 0.146. The molecule has 2 aliphatic heterocycles. The summed E-state index contributed by atoms with van der Waals surface area (Å²) in [6.07, 6.45) is 1.41. The van der Waals surface area contributed by atoms with Crippen LogP contribution < -0.4 is 13.8 Å². The van der Waals surface area contributed by atoms with E-state index in [1.54, 1.807) is 4.90 Å². The number of amides is 3. The Morgan fingerprint density at radius 1 is 0.977 bits per heavy atom. The molecule has 0 aromatic heterocycles. The second-order valence-electron chi connectivity index (χ2n) is 9.64. The molecule has 0 N–H and O–H groups in total. The number of hydrogen-bond donors (Lipinski definition) is 0. The lowest BCUT2D eigenvalue weighted by Gasteiger charge is -2.36. The number of benzene rings is 3. The van der Waals surface area contributed by atoms with Gasteiger partial charge in [-0.25, -0.2) is 0 Å². The Kier molecular flexibility index (Phi) is 8.87. The number of imide groups is 1. The number of methoxy groups -OCH3 is 1. The summed E-state index contributed by atoms with van der Waals surface area (Å²) >= 11 is 0.680. The molecule has 228 valence electrons. The number of thioether (sulfide) groups is 1. The minimum absolute atomic E-state index is 0.0371. The van der Waals surface area contributed by atoms with Gasteiger partial charge in [-0.2, -0.15) is 8.42 Å². The number of nitro groups is 1. The van der Waals surface area contributed by atoms with Gasteiger partial charge in [0.15, 0.2) is 16.4 Å². The van der Waals surface area contributed by atoms with Gasteiger partial charge in [-0.15, -0.1) is 0 Å². The molecule has 3 amide bonds. The van der Waals surface area contributed by atoms with E-state index in [-0.39, 0.29) is 28.9 Å². The molecule has 3 aromatic carbocycles. The zero-order chi connectivity index (χ0) is 31.4. The smallest absolute Gasteiger partial charge is 0.346 e. The van der Waals surface area contributed by atoms with Crippen LogP contribution in [0.2, 0.25) is 0 Å². The Hall–Kier alpha value is -4.89. The molecule has 0 radical (unpaired) electrons. The van der Waals surface area contributed by atoms with Gasteiger partial charge in [0.05, 0.1) is 16.9 Å². The number of nitro benzene ring substituents is 1. The molecule has 15 heteroatoms. The maximum atomic E-state index is 13.1. The fourth-order valence-electron chi connectivity index (χ4n) is 4.70. The molecule has 3 aromatic rings. The summed E-state index contributed by atoms with van der Waals surface area (Å²) in [6.45, 7) is 1.79. The van der Waals surface area contributed by atoms with E-state index >= 15 is 0 Å².